The van der Waals surface area contributed by atoms with E-state index in [2.05, 4.69) is 31.1 Å². The molecule has 176 valence electrons. The number of pyridine rings is 1. The highest BCUT2D eigenvalue weighted by Gasteiger charge is 2.22. The van der Waals surface area contributed by atoms with Gasteiger partial charge in [-0.05, 0) is 38.8 Å². The van der Waals surface area contributed by atoms with Crippen molar-refractivity contribution in [3.8, 4) is 10.4 Å². The van der Waals surface area contributed by atoms with Gasteiger partial charge in [0.1, 0.15) is 4.83 Å². The van der Waals surface area contributed by atoms with Gasteiger partial charge < -0.3 is 16.0 Å². The number of amides is 2. The number of anilines is 2. The summed E-state index contributed by atoms with van der Waals surface area (Å²) in [6, 6.07) is 1.72. The molecular formula is C23H26N8O2S. The number of thiazole rings is 1. The van der Waals surface area contributed by atoms with E-state index in [1.807, 2.05) is 30.9 Å². The molecule has 34 heavy (non-hydrogen) atoms. The fraction of sp³-hybridized carbons (Fsp3) is 0.348. The monoisotopic (exact) mass is 478 g/mol. The van der Waals surface area contributed by atoms with Gasteiger partial charge in [-0.25, -0.2) is 4.52 Å². The average Bonchev–Trinajstić information content (AvgIpc) is 3.57. The lowest BCUT2D eigenvalue weighted by Gasteiger charge is -2.11. The van der Waals surface area contributed by atoms with Crippen LogP contribution in [0.5, 0.6) is 0 Å². The molecule has 0 unspecified atom stereocenters. The first-order valence-electron chi connectivity index (χ1n) is 11.3. The lowest BCUT2D eigenvalue weighted by molar-refractivity contribution is -0.115. The van der Waals surface area contributed by atoms with Gasteiger partial charge in [-0.1, -0.05) is 6.92 Å². The standard InChI is InChI=1S/C23H26N8O2S/c1-3-6-24-12-21(32)28-15-8-18(14(2)25-9-15)29-22(33)17-11-27-31-13-20(34-23(17)31)16-10-26-30-7-4-5-19(16)30/h8-11,13,24H,3-7,12H2,1-2H3,(H,28,32)(H,29,33). The Morgan fingerprint density at radius 1 is 1.18 bits per heavy atom. The second-order valence-corrected chi connectivity index (χ2v) is 9.30. The van der Waals surface area contributed by atoms with Crippen molar-refractivity contribution in [3.63, 3.8) is 0 Å². The number of rotatable bonds is 8. The molecule has 0 spiro atoms. The average molecular weight is 479 g/mol. The maximum atomic E-state index is 13.1. The summed E-state index contributed by atoms with van der Waals surface area (Å²) in [5.74, 6) is -0.436. The molecule has 1 aliphatic rings. The molecular weight excluding hydrogens is 452 g/mol. The van der Waals surface area contributed by atoms with Crippen molar-refractivity contribution in [2.45, 2.75) is 39.7 Å². The summed E-state index contributed by atoms with van der Waals surface area (Å²) in [5.41, 5.74) is 4.55. The highest BCUT2D eigenvalue weighted by Crippen LogP contribution is 2.35. The molecule has 5 heterocycles. The molecule has 0 atom stereocenters. The van der Waals surface area contributed by atoms with Crippen molar-refractivity contribution in [1.29, 1.82) is 0 Å². The highest BCUT2D eigenvalue weighted by molar-refractivity contribution is 7.21. The molecule has 3 N–H and O–H groups in total. The first-order chi connectivity index (χ1) is 16.5. The minimum Gasteiger partial charge on any atom is -0.324 e. The van der Waals surface area contributed by atoms with Gasteiger partial charge in [0.2, 0.25) is 5.91 Å². The van der Waals surface area contributed by atoms with Crippen molar-refractivity contribution < 1.29 is 9.59 Å². The Hall–Kier alpha value is -3.57. The first kappa shape index (κ1) is 22.2. The molecule has 0 saturated heterocycles. The lowest BCUT2D eigenvalue weighted by atomic mass is 10.2. The third kappa shape index (κ3) is 4.31. The Kier molecular flexibility index (Phi) is 6.12. The number of aromatic nitrogens is 5. The first-order valence-corrected chi connectivity index (χ1v) is 12.2. The van der Waals surface area contributed by atoms with E-state index in [-0.39, 0.29) is 18.4 Å². The Bertz CT molecular complexity index is 1370. The Labute approximate surface area is 200 Å². The zero-order valence-corrected chi connectivity index (χ0v) is 19.9. The number of aryl methyl sites for hydroxylation is 2. The number of hydrogen-bond acceptors (Lipinski definition) is 7. The third-order valence-electron chi connectivity index (χ3n) is 5.77. The fourth-order valence-electron chi connectivity index (χ4n) is 4.04. The molecule has 0 aromatic carbocycles. The summed E-state index contributed by atoms with van der Waals surface area (Å²) in [6.07, 6.45) is 10.1. The van der Waals surface area contributed by atoms with Gasteiger partial charge in [0.15, 0.2) is 0 Å². The van der Waals surface area contributed by atoms with Crippen LogP contribution in [-0.2, 0) is 17.8 Å². The van der Waals surface area contributed by atoms with Crippen LogP contribution in [-0.4, -0.2) is 49.3 Å². The third-order valence-corrected chi connectivity index (χ3v) is 6.91. The van der Waals surface area contributed by atoms with Crippen LogP contribution in [0.3, 0.4) is 0 Å². The molecule has 11 heteroatoms. The topological polar surface area (TPSA) is 118 Å². The largest absolute Gasteiger partial charge is 0.324 e. The molecule has 0 radical (unpaired) electrons. The van der Waals surface area contributed by atoms with Gasteiger partial charge in [0, 0.05) is 24.0 Å². The SMILES string of the molecule is CCCNCC(=O)Nc1cnc(C)c(NC(=O)c2cnn3cc(-c4cnn5c4CCC5)sc23)c1. The summed E-state index contributed by atoms with van der Waals surface area (Å²) in [5, 5.41) is 17.6. The predicted molar refractivity (Wildman–Crippen MR) is 131 cm³/mol. The van der Waals surface area contributed by atoms with Gasteiger partial charge in [-0.2, -0.15) is 10.2 Å². The molecule has 4 aromatic heterocycles. The van der Waals surface area contributed by atoms with E-state index in [0.29, 0.717) is 22.6 Å². The number of nitrogens with one attached hydrogen (secondary N) is 3. The number of nitrogens with zero attached hydrogens (tertiary/aromatic N) is 5. The lowest BCUT2D eigenvalue weighted by Crippen LogP contribution is -2.28. The Morgan fingerprint density at radius 2 is 2.06 bits per heavy atom. The highest BCUT2D eigenvalue weighted by atomic mass is 32.1. The van der Waals surface area contributed by atoms with Crippen molar-refractivity contribution in [2.24, 2.45) is 0 Å². The fourth-order valence-corrected chi connectivity index (χ4v) is 5.13. The molecule has 2 amide bonds. The Morgan fingerprint density at radius 3 is 2.91 bits per heavy atom. The minimum atomic E-state index is -0.276. The van der Waals surface area contributed by atoms with Crippen LogP contribution in [0.2, 0.25) is 0 Å². The predicted octanol–water partition coefficient (Wildman–Crippen LogP) is 3.10. The number of hydrogen-bond donors (Lipinski definition) is 3. The van der Waals surface area contributed by atoms with Crippen LogP contribution in [0.4, 0.5) is 11.4 Å². The summed E-state index contributed by atoms with van der Waals surface area (Å²) in [6.45, 7) is 5.79. The van der Waals surface area contributed by atoms with Crippen molar-refractivity contribution in [3.05, 3.63) is 47.8 Å². The molecule has 5 rings (SSSR count). The van der Waals surface area contributed by atoms with Crippen LogP contribution in [0.15, 0.2) is 30.9 Å². The van der Waals surface area contributed by atoms with E-state index in [9.17, 15) is 9.59 Å². The van der Waals surface area contributed by atoms with E-state index < -0.39 is 0 Å². The molecule has 0 aliphatic carbocycles. The van der Waals surface area contributed by atoms with Crippen LogP contribution in [0.1, 0.15) is 41.5 Å². The van der Waals surface area contributed by atoms with Crippen LogP contribution in [0, 0.1) is 6.92 Å². The molecule has 1 aliphatic heterocycles. The second kappa shape index (κ2) is 9.35. The van der Waals surface area contributed by atoms with E-state index >= 15 is 0 Å². The smallest absolute Gasteiger partial charge is 0.260 e. The number of carbonyl (C=O) groups excluding carboxylic acids is 2. The molecule has 4 aromatic rings. The summed E-state index contributed by atoms with van der Waals surface area (Å²) in [7, 11) is 0. The van der Waals surface area contributed by atoms with Crippen molar-refractivity contribution >= 4 is 39.4 Å². The van der Waals surface area contributed by atoms with Crippen molar-refractivity contribution in [2.75, 3.05) is 23.7 Å². The summed E-state index contributed by atoms with van der Waals surface area (Å²) in [4.78, 5) is 31.4. The second-order valence-electron chi connectivity index (χ2n) is 8.27. The maximum Gasteiger partial charge on any atom is 0.260 e. The van der Waals surface area contributed by atoms with Crippen LogP contribution in [0.25, 0.3) is 15.3 Å². The summed E-state index contributed by atoms with van der Waals surface area (Å²) >= 11 is 1.53. The van der Waals surface area contributed by atoms with Gasteiger partial charge in [-0.15, -0.1) is 11.3 Å². The number of fused-ring (bicyclic) bond motifs is 2. The minimum absolute atomic E-state index is 0.160. The number of carbonyl (C=O) groups is 2. The zero-order chi connectivity index (χ0) is 23.7. The summed E-state index contributed by atoms with van der Waals surface area (Å²) < 4.78 is 3.78. The van der Waals surface area contributed by atoms with E-state index in [1.165, 1.54) is 17.0 Å². The maximum absolute atomic E-state index is 13.1. The molecule has 10 nitrogen and oxygen atoms in total. The zero-order valence-electron chi connectivity index (χ0n) is 19.1. The van der Waals surface area contributed by atoms with Crippen LogP contribution < -0.4 is 16.0 Å². The van der Waals surface area contributed by atoms with E-state index in [4.69, 9.17) is 0 Å². The van der Waals surface area contributed by atoms with Gasteiger partial charge in [0.25, 0.3) is 5.91 Å². The quantitative estimate of drug-likeness (QED) is 0.335. The molecule has 0 saturated carbocycles. The normalized spacial score (nSPS) is 12.8. The van der Waals surface area contributed by atoms with Gasteiger partial charge >= 0.3 is 0 Å². The van der Waals surface area contributed by atoms with Gasteiger partial charge in [-0.3, -0.25) is 19.3 Å². The molecule has 0 fully saturated rings. The Balaban J connectivity index is 1.33. The van der Waals surface area contributed by atoms with Crippen LogP contribution >= 0.6 is 11.3 Å². The molecule has 0 bridgehead atoms. The van der Waals surface area contributed by atoms with Gasteiger partial charge in [0.05, 0.1) is 52.6 Å². The van der Waals surface area contributed by atoms with E-state index in [1.54, 1.807) is 23.0 Å². The van der Waals surface area contributed by atoms with Crippen molar-refractivity contribution in [1.82, 2.24) is 29.7 Å². The van der Waals surface area contributed by atoms with E-state index in [0.717, 1.165) is 47.6 Å².